The zero-order chi connectivity index (χ0) is 20.6. The number of rotatable bonds is 9. The molecule has 3 rings (SSSR count). The lowest BCUT2D eigenvalue weighted by Gasteiger charge is -2.20. The fourth-order valence-electron chi connectivity index (χ4n) is 2.44. The highest BCUT2D eigenvalue weighted by Gasteiger charge is 2.17. The molecule has 0 radical (unpaired) electrons. The van der Waals surface area contributed by atoms with E-state index < -0.39 is 5.91 Å². The summed E-state index contributed by atoms with van der Waals surface area (Å²) in [6.07, 6.45) is 0. The quantitative estimate of drug-likeness (QED) is 0.468. The first-order chi connectivity index (χ1) is 14.0. The van der Waals surface area contributed by atoms with Crippen LogP contribution in [0.4, 0.5) is 0 Å². The number of halogens is 1. The highest BCUT2D eigenvalue weighted by molar-refractivity contribution is 8.03. The molecule has 1 aromatic heterocycles. The van der Waals surface area contributed by atoms with Crippen LogP contribution in [0.25, 0.3) is 0 Å². The SMILES string of the molecule is NC(=O)CSc1nnc(SCC(=O)NC(c2ccccc2)c2ccc(Cl)cc2)s1. The Kier molecular flexibility index (Phi) is 7.93. The van der Waals surface area contributed by atoms with Gasteiger partial charge in [-0.2, -0.15) is 0 Å². The first kappa shape index (κ1) is 21.6. The van der Waals surface area contributed by atoms with Crippen molar-refractivity contribution in [2.75, 3.05) is 11.5 Å². The lowest BCUT2D eigenvalue weighted by molar-refractivity contribution is -0.119. The van der Waals surface area contributed by atoms with Gasteiger partial charge in [-0.1, -0.05) is 88.9 Å². The molecule has 1 unspecified atom stereocenters. The molecule has 10 heteroatoms. The van der Waals surface area contributed by atoms with Crippen molar-refractivity contribution in [2.45, 2.75) is 14.7 Å². The number of nitrogens with zero attached hydrogens (tertiary/aromatic N) is 2. The van der Waals surface area contributed by atoms with Crippen molar-refractivity contribution in [3.8, 4) is 0 Å². The van der Waals surface area contributed by atoms with E-state index in [2.05, 4.69) is 15.5 Å². The Morgan fingerprint density at radius 2 is 1.55 bits per heavy atom. The number of benzene rings is 2. The maximum Gasteiger partial charge on any atom is 0.231 e. The molecule has 0 saturated heterocycles. The average Bonchev–Trinajstić information content (AvgIpc) is 3.18. The van der Waals surface area contributed by atoms with Gasteiger partial charge in [0.25, 0.3) is 0 Å². The Morgan fingerprint density at radius 1 is 0.966 bits per heavy atom. The first-order valence-corrected chi connectivity index (χ1v) is 11.6. The molecule has 29 heavy (non-hydrogen) atoms. The van der Waals surface area contributed by atoms with E-state index in [1.165, 1.54) is 34.9 Å². The third-order valence-corrected chi connectivity index (χ3v) is 7.16. The van der Waals surface area contributed by atoms with Crippen LogP contribution in [0.3, 0.4) is 0 Å². The second-order valence-corrected chi connectivity index (χ2v) is 9.70. The summed E-state index contributed by atoms with van der Waals surface area (Å²) in [6, 6.07) is 16.9. The number of aromatic nitrogens is 2. The summed E-state index contributed by atoms with van der Waals surface area (Å²) in [7, 11) is 0. The Bertz CT molecular complexity index is 967. The summed E-state index contributed by atoms with van der Waals surface area (Å²) in [4.78, 5) is 23.4. The maximum atomic E-state index is 12.6. The van der Waals surface area contributed by atoms with Crippen LogP contribution in [0, 0.1) is 0 Å². The normalized spacial score (nSPS) is 11.8. The molecular weight excluding hydrogens is 448 g/mol. The maximum absolute atomic E-state index is 12.6. The van der Waals surface area contributed by atoms with Gasteiger partial charge in [0.15, 0.2) is 8.68 Å². The van der Waals surface area contributed by atoms with E-state index in [-0.39, 0.29) is 23.5 Å². The van der Waals surface area contributed by atoms with Gasteiger partial charge in [-0.15, -0.1) is 10.2 Å². The predicted octanol–water partition coefficient (Wildman–Crippen LogP) is 3.77. The number of carbonyl (C=O) groups excluding carboxylic acids is 2. The number of nitrogens with one attached hydrogen (secondary N) is 1. The first-order valence-electron chi connectivity index (χ1n) is 8.48. The minimum absolute atomic E-state index is 0.125. The van der Waals surface area contributed by atoms with E-state index in [1.807, 2.05) is 42.5 Å². The van der Waals surface area contributed by atoms with Gasteiger partial charge >= 0.3 is 0 Å². The van der Waals surface area contributed by atoms with Gasteiger partial charge in [0, 0.05) is 5.02 Å². The average molecular weight is 465 g/mol. The molecule has 3 aromatic rings. The molecule has 1 atom stereocenters. The Balaban J connectivity index is 1.63. The van der Waals surface area contributed by atoms with Crippen LogP contribution in [0.5, 0.6) is 0 Å². The molecule has 0 aliphatic rings. The van der Waals surface area contributed by atoms with Crippen LogP contribution in [-0.2, 0) is 9.59 Å². The van der Waals surface area contributed by atoms with Crippen LogP contribution < -0.4 is 11.1 Å². The summed E-state index contributed by atoms with van der Waals surface area (Å²) < 4.78 is 1.31. The molecule has 6 nitrogen and oxygen atoms in total. The summed E-state index contributed by atoms with van der Waals surface area (Å²) in [5.74, 6) is -0.181. The molecule has 0 fully saturated rings. The zero-order valence-electron chi connectivity index (χ0n) is 15.1. The number of carbonyl (C=O) groups is 2. The fourth-order valence-corrected chi connectivity index (χ4v) is 5.13. The molecule has 0 bridgehead atoms. The van der Waals surface area contributed by atoms with Crippen molar-refractivity contribution in [1.82, 2.24) is 15.5 Å². The Labute approximate surface area is 185 Å². The van der Waals surface area contributed by atoms with Crippen molar-refractivity contribution in [2.24, 2.45) is 5.73 Å². The van der Waals surface area contributed by atoms with Gasteiger partial charge in [0.2, 0.25) is 11.8 Å². The van der Waals surface area contributed by atoms with E-state index in [4.69, 9.17) is 17.3 Å². The number of thioether (sulfide) groups is 2. The van der Waals surface area contributed by atoms with Crippen LogP contribution in [-0.4, -0.2) is 33.5 Å². The standard InChI is InChI=1S/C19H17ClN4O2S3/c20-14-8-6-13(7-9-14)17(12-4-2-1-3-5-12)22-16(26)11-28-19-24-23-18(29-19)27-10-15(21)25/h1-9,17H,10-11H2,(H2,21,25)(H,22,26). The van der Waals surface area contributed by atoms with E-state index in [1.54, 1.807) is 12.1 Å². The summed E-state index contributed by atoms with van der Waals surface area (Å²) in [5, 5.41) is 11.7. The minimum Gasteiger partial charge on any atom is -0.369 e. The third kappa shape index (κ3) is 6.74. The molecule has 0 aliphatic carbocycles. The number of nitrogens with two attached hydrogens (primary N) is 1. The summed E-state index contributed by atoms with van der Waals surface area (Å²) >= 11 is 9.87. The summed E-state index contributed by atoms with van der Waals surface area (Å²) in [5.41, 5.74) is 7.05. The largest absolute Gasteiger partial charge is 0.369 e. The third-order valence-electron chi connectivity index (χ3n) is 3.69. The number of hydrogen-bond donors (Lipinski definition) is 2. The van der Waals surface area contributed by atoms with Crippen molar-refractivity contribution in [3.05, 3.63) is 70.7 Å². The lowest BCUT2D eigenvalue weighted by atomic mass is 9.99. The van der Waals surface area contributed by atoms with Gasteiger partial charge in [0.1, 0.15) is 0 Å². The fraction of sp³-hybridized carbons (Fsp3) is 0.158. The van der Waals surface area contributed by atoms with Crippen molar-refractivity contribution < 1.29 is 9.59 Å². The van der Waals surface area contributed by atoms with E-state index >= 15 is 0 Å². The highest BCUT2D eigenvalue weighted by Crippen LogP contribution is 2.29. The van der Waals surface area contributed by atoms with E-state index in [0.29, 0.717) is 13.7 Å². The van der Waals surface area contributed by atoms with Crippen molar-refractivity contribution in [3.63, 3.8) is 0 Å². The minimum atomic E-state index is -0.409. The van der Waals surface area contributed by atoms with Crippen molar-refractivity contribution >= 4 is 58.3 Å². The Hall–Kier alpha value is -2.07. The van der Waals surface area contributed by atoms with Gasteiger partial charge in [-0.05, 0) is 23.3 Å². The second-order valence-electron chi connectivity index (χ2n) is 5.84. The van der Waals surface area contributed by atoms with Crippen molar-refractivity contribution in [1.29, 1.82) is 0 Å². The van der Waals surface area contributed by atoms with Crippen LogP contribution in [0.2, 0.25) is 5.02 Å². The lowest BCUT2D eigenvalue weighted by Crippen LogP contribution is -2.30. The van der Waals surface area contributed by atoms with Gasteiger partial charge in [-0.25, -0.2) is 0 Å². The smallest absolute Gasteiger partial charge is 0.231 e. The molecule has 1 heterocycles. The molecule has 0 aliphatic heterocycles. The molecule has 2 amide bonds. The Morgan fingerprint density at radius 3 is 2.17 bits per heavy atom. The van der Waals surface area contributed by atoms with Crippen LogP contribution in [0.1, 0.15) is 17.2 Å². The van der Waals surface area contributed by atoms with E-state index in [0.717, 1.165) is 11.1 Å². The topological polar surface area (TPSA) is 98.0 Å². The molecule has 0 spiro atoms. The second kappa shape index (κ2) is 10.6. The number of hydrogen-bond acceptors (Lipinski definition) is 7. The number of amides is 2. The number of primary amides is 1. The van der Waals surface area contributed by atoms with Gasteiger partial charge < -0.3 is 11.1 Å². The van der Waals surface area contributed by atoms with Crippen LogP contribution in [0.15, 0.2) is 63.3 Å². The molecule has 3 N–H and O–H groups in total. The molecule has 2 aromatic carbocycles. The zero-order valence-corrected chi connectivity index (χ0v) is 18.3. The van der Waals surface area contributed by atoms with Gasteiger partial charge in [0.05, 0.1) is 17.5 Å². The molecule has 0 saturated carbocycles. The predicted molar refractivity (Wildman–Crippen MR) is 118 cm³/mol. The summed E-state index contributed by atoms with van der Waals surface area (Å²) in [6.45, 7) is 0. The van der Waals surface area contributed by atoms with E-state index in [9.17, 15) is 9.59 Å². The monoisotopic (exact) mass is 464 g/mol. The molecule has 150 valence electrons. The van der Waals surface area contributed by atoms with Gasteiger partial charge in [-0.3, -0.25) is 9.59 Å². The highest BCUT2D eigenvalue weighted by atomic mass is 35.5. The van der Waals surface area contributed by atoms with Crippen LogP contribution >= 0.6 is 46.5 Å². The molecular formula is C19H17ClN4O2S3.